The number of anilines is 1. The summed E-state index contributed by atoms with van der Waals surface area (Å²) in [6, 6.07) is 10.6. The average molecular weight is 361 g/mol. The molecule has 132 valence electrons. The van der Waals surface area contributed by atoms with E-state index in [-0.39, 0.29) is 18.4 Å². The molecular formula is C19H21ClN2O3. The molecule has 5 nitrogen and oxygen atoms in total. The SMILES string of the molecule is COc1ccc(Cl)cc1C(=O)N(C)CC(=O)Nc1c(C)cccc1C. The third-order valence-electron chi connectivity index (χ3n) is 3.86. The van der Waals surface area contributed by atoms with Crippen LogP contribution in [0.3, 0.4) is 0 Å². The minimum atomic E-state index is -0.337. The Morgan fingerprint density at radius 1 is 1.16 bits per heavy atom. The van der Waals surface area contributed by atoms with E-state index in [9.17, 15) is 9.59 Å². The van der Waals surface area contributed by atoms with E-state index in [4.69, 9.17) is 16.3 Å². The van der Waals surface area contributed by atoms with E-state index >= 15 is 0 Å². The molecule has 2 aromatic carbocycles. The Morgan fingerprint density at radius 3 is 2.40 bits per heavy atom. The van der Waals surface area contributed by atoms with Crippen LogP contribution < -0.4 is 10.1 Å². The molecule has 0 heterocycles. The second-order valence-corrected chi connectivity index (χ2v) is 6.26. The summed E-state index contributed by atoms with van der Waals surface area (Å²) in [5.74, 6) is -0.193. The summed E-state index contributed by atoms with van der Waals surface area (Å²) in [6.45, 7) is 3.77. The summed E-state index contributed by atoms with van der Waals surface area (Å²) in [6.07, 6.45) is 0. The van der Waals surface area contributed by atoms with Crippen LogP contribution in [0.4, 0.5) is 5.69 Å². The number of benzene rings is 2. The van der Waals surface area contributed by atoms with E-state index in [2.05, 4.69) is 5.32 Å². The molecule has 6 heteroatoms. The minimum absolute atomic E-state index is 0.0811. The molecular weight excluding hydrogens is 340 g/mol. The van der Waals surface area contributed by atoms with Crippen LogP contribution in [-0.2, 0) is 4.79 Å². The fourth-order valence-corrected chi connectivity index (χ4v) is 2.70. The fourth-order valence-electron chi connectivity index (χ4n) is 2.53. The maximum Gasteiger partial charge on any atom is 0.257 e. The zero-order valence-corrected chi connectivity index (χ0v) is 15.5. The number of carbonyl (C=O) groups is 2. The maximum absolute atomic E-state index is 12.6. The molecule has 25 heavy (non-hydrogen) atoms. The van der Waals surface area contributed by atoms with Gasteiger partial charge in [-0.25, -0.2) is 0 Å². The van der Waals surface area contributed by atoms with Gasteiger partial charge in [-0.2, -0.15) is 0 Å². The van der Waals surface area contributed by atoms with Gasteiger partial charge >= 0.3 is 0 Å². The van der Waals surface area contributed by atoms with Gasteiger partial charge in [0, 0.05) is 17.8 Å². The number of carbonyl (C=O) groups excluding carboxylic acids is 2. The van der Waals surface area contributed by atoms with E-state index < -0.39 is 0 Å². The van der Waals surface area contributed by atoms with Gasteiger partial charge in [0.05, 0.1) is 19.2 Å². The Hall–Kier alpha value is -2.53. The summed E-state index contributed by atoms with van der Waals surface area (Å²) in [5, 5.41) is 3.29. The van der Waals surface area contributed by atoms with Crippen molar-refractivity contribution in [2.24, 2.45) is 0 Å². The van der Waals surface area contributed by atoms with Crippen LogP contribution in [0.15, 0.2) is 36.4 Å². The van der Waals surface area contributed by atoms with Crippen LogP contribution in [0.25, 0.3) is 0 Å². The van der Waals surface area contributed by atoms with Gasteiger partial charge < -0.3 is 15.0 Å². The Labute approximate surface area is 152 Å². The molecule has 2 rings (SSSR count). The third-order valence-corrected chi connectivity index (χ3v) is 4.10. The van der Waals surface area contributed by atoms with Crippen molar-refractivity contribution >= 4 is 29.1 Å². The summed E-state index contributed by atoms with van der Waals surface area (Å²) >= 11 is 5.96. The summed E-state index contributed by atoms with van der Waals surface area (Å²) in [5.41, 5.74) is 3.03. The molecule has 0 aliphatic carbocycles. The van der Waals surface area contributed by atoms with Crippen molar-refractivity contribution in [3.8, 4) is 5.75 Å². The molecule has 1 N–H and O–H groups in total. The first-order valence-corrected chi connectivity index (χ1v) is 8.16. The number of methoxy groups -OCH3 is 1. The van der Waals surface area contributed by atoms with Crippen molar-refractivity contribution < 1.29 is 14.3 Å². The zero-order chi connectivity index (χ0) is 18.6. The molecule has 0 aliphatic heterocycles. The monoisotopic (exact) mass is 360 g/mol. The van der Waals surface area contributed by atoms with E-state index in [1.165, 1.54) is 18.1 Å². The minimum Gasteiger partial charge on any atom is -0.496 e. The van der Waals surface area contributed by atoms with Crippen molar-refractivity contribution in [3.05, 3.63) is 58.1 Å². The van der Waals surface area contributed by atoms with Gasteiger partial charge in [0.2, 0.25) is 5.91 Å². The van der Waals surface area contributed by atoms with E-state index in [0.717, 1.165) is 16.8 Å². The van der Waals surface area contributed by atoms with Crippen LogP contribution >= 0.6 is 11.6 Å². The van der Waals surface area contributed by atoms with Crippen LogP contribution in [-0.4, -0.2) is 37.4 Å². The smallest absolute Gasteiger partial charge is 0.257 e. The first kappa shape index (κ1) is 18.8. The fraction of sp³-hybridized carbons (Fsp3) is 0.263. The predicted octanol–water partition coefficient (Wildman–Crippen LogP) is 3.68. The van der Waals surface area contributed by atoms with E-state index in [0.29, 0.717) is 16.3 Å². The highest BCUT2D eigenvalue weighted by molar-refractivity contribution is 6.31. The lowest BCUT2D eigenvalue weighted by Crippen LogP contribution is -2.35. The van der Waals surface area contributed by atoms with Gasteiger partial charge in [0.25, 0.3) is 5.91 Å². The van der Waals surface area contributed by atoms with E-state index in [1.54, 1.807) is 19.2 Å². The number of nitrogens with zero attached hydrogens (tertiary/aromatic N) is 1. The van der Waals surface area contributed by atoms with Crippen molar-refractivity contribution in [3.63, 3.8) is 0 Å². The number of likely N-dealkylation sites (N-methyl/N-ethyl adjacent to an activating group) is 1. The van der Waals surface area contributed by atoms with Gasteiger partial charge in [0.15, 0.2) is 0 Å². The Morgan fingerprint density at radius 2 is 1.80 bits per heavy atom. The lowest BCUT2D eigenvalue weighted by molar-refractivity contribution is -0.116. The molecule has 0 bridgehead atoms. The normalized spacial score (nSPS) is 10.3. The standard InChI is InChI=1S/C19H21ClN2O3/c1-12-6-5-7-13(2)18(12)21-17(23)11-22(3)19(24)15-10-14(20)8-9-16(15)25-4/h5-10H,11H2,1-4H3,(H,21,23). The Kier molecular flexibility index (Phi) is 6.04. The molecule has 0 atom stereocenters. The van der Waals surface area contributed by atoms with Crippen molar-refractivity contribution in [1.82, 2.24) is 4.90 Å². The maximum atomic E-state index is 12.6. The highest BCUT2D eigenvalue weighted by atomic mass is 35.5. The van der Waals surface area contributed by atoms with Crippen LogP contribution in [0.1, 0.15) is 21.5 Å². The third kappa shape index (κ3) is 4.51. The highest BCUT2D eigenvalue weighted by Gasteiger charge is 2.19. The van der Waals surface area contributed by atoms with Crippen LogP contribution in [0, 0.1) is 13.8 Å². The first-order valence-electron chi connectivity index (χ1n) is 7.78. The molecule has 0 unspecified atom stereocenters. The number of ether oxygens (including phenoxy) is 1. The molecule has 2 amide bonds. The quantitative estimate of drug-likeness (QED) is 0.884. The second-order valence-electron chi connectivity index (χ2n) is 5.82. The number of rotatable bonds is 5. The van der Waals surface area contributed by atoms with Gasteiger partial charge in [-0.15, -0.1) is 0 Å². The molecule has 0 saturated carbocycles. The van der Waals surface area contributed by atoms with Crippen LogP contribution in [0.2, 0.25) is 5.02 Å². The highest BCUT2D eigenvalue weighted by Crippen LogP contribution is 2.24. The van der Waals surface area contributed by atoms with Crippen molar-refractivity contribution in [2.45, 2.75) is 13.8 Å². The number of amides is 2. The molecule has 0 aliphatic rings. The Balaban J connectivity index is 2.11. The van der Waals surface area contributed by atoms with Gasteiger partial charge in [0.1, 0.15) is 5.75 Å². The number of nitrogens with one attached hydrogen (secondary N) is 1. The van der Waals surface area contributed by atoms with Crippen molar-refractivity contribution in [1.29, 1.82) is 0 Å². The first-order chi connectivity index (χ1) is 11.8. The largest absolute Gasteiger partial charge is 0.496 e. The molecule has 0 radical (unpaired) electrons. The lowest BCUT2D eigenvalue weighted by Gasteiger charge is -2.19. The average Bonchev–Trinajstić information content (AvgIpc) is 2.57. The lowest BCUT2D eigenvalue weighted by atomic mass is 10.1. The van der Waals surface area contributed by atoms with Crippen molar-refractivity contribution in [2.75, 3.05) is 26.0 Å². The molecule has 2 aromatic rings. The predicted molar refractivity (Wildman–Crippen MR) is 99.5 cm³/mol. The number of para-hydroxylation sites is 1. The van der Waals surface area contributed by atoms with Crippen LogP contribution in [0.5, 0.6) is 5.75 Å². The second kappa shape index (κ2) is 8.03. The number of hydrogen-bond acceptors (Lipinski definition) is 3. The summed E-state index contributed by atoms with van der Waals surface area (Å²) < 4.78 is 5.20. The topological polar surface area (TPSA) is 58.6 Å². The molecule has 0 fully saturated rings. The summed E-state index contributed by atoms with van der Waals surface area (Å²) in [4.78, 5) is 26.3. The van der Waals surface area contributed by atoms with E-state index in [1.807, 2.05) is 32.0 Å². The molecule has 0 aromatic heterocycles. The van der Waals surface area contributed by atoms with Gasteiger partial charge in [-0.05, 0) is 43.2 Å². The summed E-state index contributed by atoms with van der Waals surface area (Å²) in [7, 11) is 3.04. The molecule has 0 spiro atoms. The number of halogens is 1. The van der Waals surface area contributed by atoms with Gasteiger partial charge in [-0.1, -0.05) is 29.8 Å². The number of hydrogen-bond donors (Lipinski definition) is 1. The number of aryl methyl sites for hydroxylation is 2. The molecule has 0 saturated heterocycles. The zero-order valence-electron chi connectivity index (χ0n) is 14.7. The Bertz CT molecular complexity index is 785. The van der Waals surface area contributed by atoms with Gasteiger partial charge in [-0.3, -0.25) is 9.59 Å².